The molecule has 0 radical (unpaired) electrons. The van der Waals surface area contributed by atoms with Crippen LogP contribution in [0.2, 0.25) is 0 Å². The third-order valence-electron chi connectivity index (χ3n) is 3.29. The number of methoxy groups -OCH3 is 4. The highest BCUT2D eigenvalue weighted by Crippen LogP contribution is 2.43. The maximum absolute atomic E-state index is 12.1. The predicted octanol–water partition coefficient (Wildman–Crippen LogP) is 1.10. The molecular weight excluding hydrogens is 304 g/mol. The number of H-pyrrole nitrogens is 1. The molecule has 0 fully saturated rings. The molecule has 2 aromatic rings. The van der Waals surface area contributed by atoms with Crippen molar-refractivity contribution in [1.29, 1.82) is 0 Å². The van der Waals surface area contributed by atoms with E-state index in [9.17, 15) is 9.59 Å². The van der Waals surface area contributed by atoms with Crippen molar-refractivity contribution in [2.75, 3.05) is 35.0 Å². The lowest BCUT2D eigenvalue weighted by Crippen LogP contribution is -2.30. The molecule has 1 heterocycles. The van der Waals surface area contributed by atoms with Crippen molar-refractivity contribution in [2.45, 2.75) is 0 Å². The zero-order chi connectivity index (χ0) is 17.0. The molecule has 8 heteroatoms. The number of fused-ring (bicyclic) bond motifs is 1. The van der Waals surface area contributed by atoms with Gasteiger partial charge in [0.25, 0.3) is 5.91 Å². The van der Waals surface area contributed by atoms with Crippen LogP contribution >= 0.6 is 0 Å². The third-order valence-corrected chi connectivity index (χ3v) is 3.29. The second-order valence-corrected chi connectivity index (χ2v) is 4.55. The van der Waals surface area contributed by atoms with Crippen LogP contribution in [-0.2, 0) is 9.53 Å². The number of carbonyl (C=O) groups excluding carboxylic acids is 2. The van der Waals surface area contributed by atoms with Crippen LogP contribution in [0.25, 0.3) is 10.9 Å². The summed E-state index contributed by atoms with van der Waals surface area (Å²) >= 11 is 0. The van der Waals surface area contributed by atoms with Gasteiger partial charge in [0.15, 0.2) is 11.5 Å². The van der Waals surface area contributed by atoms with Crippen LogP contribution in [0, 0.1) is 0 Å². The highest BCUT2D eigenvalue weighted by Gasteiger charge is 2.20. The number of ether oxygens (including phenoxy) is 4. The number of aromatic amines is 1. The van der Waals surface area contributed by atoms with Crippen molar-refractivity contribution < 1.29 is 28.5 Å². The summed E-state index contributed by atoms with van der Waals surface area (Å²) in [5, 5.41) is 3.12. The zero-order valence-corrected chi connectivity index (χ0v) is 13.3. The van der Waals surface area contributed by atoms with E-state index in [0.29, 0.717) is 28.2 Å². The summed E-state index contributed by atoms with van der Waals surface area (Å²) in [6.45, 7) is -0.214. The number of rotatable bonds is 6. The summed E-state index contributed by atoms with van der Waals surface area (Å²) in [4.78, 5) is 26.1. The minimum absolute atomic E-state index is 0.214. The van der Waals surface area contributed by atoms with Crippen LogP contribution < -0.4 is 19.5 Å². The van der Waals surface area contributed by atoms with Crippen molar-refractivity contribution >= 4 is 22.8 Å². The van der Waals surface area contributed by atoms with Gasteiger partial charge in [0.2, 0.25) is 5.75 Å². The Balaban J connectivity index is 2.41. The number of hydrogen-bond donors (Lipinski definition) is 2. The molecule has 2 N–H and O–H groups in total. The lowest BCUT2D eigenvalue weighted by Gasteiger charge is -2.12. The topological polar surface area (TPSA) is 98.9 Å². The van der Waals surface area contributed by atoms with Gasteiger partial charge in [-0.25, -0.2) is 0 Å². The molecule has 0 unspecified atom stereocenters. The van der Waals surface area contributed by atoms with E-state index in [1.807, 2.05) is 0 Å². The number of benzene rings is 1. The van der Waals surface area contributed by atoms with E-state index in [2.05, 4.69) is 15.0 Å². The van der Waals surface area contributed by atoms with Gasteiger partial charge in [-0.05, 0) is 6.07 Å². The molecule has 0 atom stereocenters. The van der Waals surface area contributed by atoms with E-state index in [4.69, 9.17) is 14.2 Å². The Labute approximate surface area is 132 Å². The first-order valence-electron chi connectivity index (χ1n) is 6.72. The van der Waals surface area contributed by atoms with Crippen LogP contribution in [0.1, 0.15) is 10.5 Å². The van der Waals surface area contributed by atoms with Crippen molar-refractivity contribution in [3.05, 3.63) is 17.8 Å². The fourth-order valence-electron chi connectivity index (χ4n) is 2.19. The van der Waals surface area contributed by atoms with Crippen LogP contribution in [0.15, 0.2) is 12.1 Å². The lowest BCUT2D eigenvalue weighted by molar-refractivity contribution is -0.139. The van der Waals surface area contributed by atoms with Crippen LogP contribution in [-0.4, -0.2) is 51.8 Å². The monoisotopic (exact) mass is 322 g/mol. The summed E-state index contributed by atoms with van der Waals surface area (Å²) in [6, 6.07) is 3.32. The molecule has 0 saturated heterocycles. The summed E-state index contributed by atoms with van der Waals surface area (Å²) in [6.07, 6.45) is 0. The van der Waals surface area contributed by atoms with Crippen molar-refractivity contribution in [2.24, 2.45) is 0 Å². The first-order chi connectivity index (χ1) is 11.0. The SMILES string of the molecule is COC(=O)CNC(=O)c1cc2c(OC)c(OC)c(OC)cc2[nH]1. The van der Waals surface area contributed by atoms with Gasteiger partial charge in [-0.3, -0.25) is 9.59 Å². The standard InChI is InChI=1S/C15H18N2O6/c1-20-11-6-9-8(13(22-3)14(11)23-4)5-10(17-9)15(19)16-7-12(18)21-2/h5-6,17H,7H2,1-4H3,(H,16,19). The van der Waals surface area contributed by atoms with E-state index in [-0.39, 0.29) is 12.2 Å². The van der Waals surface area contributed by atoms with Gasteiger partial charge in [0, 0.05) is 11.5 Å². The van der Waals surface area contributed by atoms with Gasteiger partial charge in [0.1, 0.15) is 12.2 Å². The molecule has 124 valence electrons. The van der Waals surface area contributed by atoms with E-state index < -0.39 is 11.9 Å². The summed E-state index contributed by atoms with van der Waals surface area (Å²) in [7, 11) is 5.76. The normalized spacial score (nSPS) is 10.3. The maximum Gasteiger partial charge on any atom is 0.325 e. The Morgan fingerprint density at radius 3 is 2.30 bits per heavy atom. The average Bonchev–Trinajstić information content (AvgIpc) is 3.00. The smallest absolute Gasteiger partial charge is 0.325 e. The Kier molecular flexibility index (Phi) is 4.95. The van der Waals surface area contributed by atoms with Crippen LogP contribution in [0.4, 0.5) is 0 Å². The highest BCUT2D eigenvalue weighted by molar-refractivity contribution is 6.02. The Bertz CT molecular complexity index is 737. The Morgan fingerprint density at radius 2 is 1.74 bits per heavy atom. The number of hydrogen-bond acceptors (Lipinski definition) is 6. The van der Waals surface area contributed by atoms with E-state index >= 15 is 0 Å². The van der Waals surface area contributed by atoms with Crippen molar-refractivity contribution in [3.63, 3.8) is 0 Å². The van der Waals surface area contributed by atoms with Gasteiger partial charge in [-0.1, -0.05) is 0 Å². The molecule has 0 spiro atoms. The molecule has 2 rings (SSSR count). The second-order valence-electron chi connectivity index (χ2n) is 4.55. The van der Waals surface area contributed by atoms with Crippen LogP contribution in [0.3, 0.4) is 0 Å². The number of amides is 1. The van der Waals surface area contributed by atoms with Gasteiger partial charge in [-0.15, -0.1) is 0 Å². The van der Waals surface area contributed by atoms with Gasteiger partial charge < -0.3 is 29.2 Å². The average molecular weight is 322 g/mol. The van der Waals surface area contributed by atoms with Crippen molar-refractivity contribution in [3.8, 4) is 17.2 Å². The second kappa shape index (κ2) is 6.91. The van der Waals surface area contributed by atoms with Gasteiger partial charge in [0.05, 0.1) is 34.0 Å². The lowest BCUT2D eigenvalue weighted by atomic mass is 10.2. The molecule has 1 aromatic heterocycles. The van der Waals surface area contributed by atoms with E-state index in [1.165, 1.54) is 28.4 Å². The first kappa shape index (κ1) is 16.5. The molecule has 1 aromatic carbocycles. The number of carbonyl (C=O) groups is 2. The van der Waals surface area contributed by atoms with Gasteiger partial charge in [-0.2, -0.15) is 0 Å². The fourth-order valence-corrected chi connectivity index (χ4v) is 2.19. The molecule has 0 aliphatic rings. The first-order valence-corrected chi connectivity index (χ1v) is 6.72. The summed E-state index contributed by atoms with van der Waals surface area (Å²) in [5.41, 5.74) is 0.917. The fraction of sp³-hybridized carbons (Fsp3) is 0.333. The molecule has 0 saturated carbocycles. The molecule has 0 bridgehead atoms. The van der Waals surface area contributed by atoms with E-state index in [0.717, 1.165) is 0 Å². The zero-order valence-electron chi connectivity index (χ0n) is 13.3. The van der Waals surface area contributed by atoms with Gasteiger partial charge >= 0.3 is 5.97 Å². The maximum atomic E-state index is 12.1. The quantitative estimate of drug-likeness (QED) is 0.773. The van der Waals surface area contributed by atoms with E-state index in [1.54, 1.807) is 12.1 Å². The van der Waals surface area contributed by atoms with Crippen molar-refractivity contribution in [1.82, 2.24) is 10.3 Å². The third kappa shape index (κ3) is 3.15. The summed E-state index contributed by atoms with van der Waals surface area (Å²) < 4.78 is 20.4. The molecule has 8 nitrogen and oxygen atoms in total. The Hall–Kier alpha value is -2.90. The number of aromatic nitrogens is 1. The molecular formula is C15H18N2O6. The molecule has 0 aliphatic carbocycles. The minimum atomic E-state index is -0.532. The largest absolute Gasteiger partial charge is 0.493 e. The number of nitrogens with one attached hydrogen (secondary N) is 2. The highest BCUT2D eigenvalue weighted by atomic mass is 16.5. The number of esters is 1. The molecule has 0 aliphatic heterocycles. The van der Waals surface area contributed by atoms with Crippen LogP contribution in [0.5, 0.6) is 17.2 Å². The molecule has 1 amide bonds. The predicted molar refractivity (Wildman–Crippen MR) is 82.3 cm³/mol. The minimum Gasteiger partial charge on any atom is -0.493 e. The summed E-state index contributed by atoms with van der Waals surface area (Å²) in [5.74, 6) is 0.385. The molecule has 23 heavy (non-hydrogen) atoms. The Morgan fingerprint density at radius 1 is 1.04 bits per heavy atom.